The minimum absolute atomic E-state index is 0.267. The first-order valence-corrected chi connectivity index (χ1v) is 13.1. The van der Waals surface area contributed by atoms with Crippen LogP contribution in [0.1, 0.15) is 44.4 Å². The van der Waals surface area contributed by atoms with Crippen molar-refractivity contribution in [3.8, 4) is 5.75 Å². The van der Waals surface area contributed by atoms with Crippen molar-refractivity contribution in [2.24, 2.45) is 10.9 Å². The van der Waals surface area contributed by atoms with Gasteiger partial charge in [0.05, 0.1) is 45.6 Å². The van der Waals surface area contributed by atoms with Gasteiger partial charge in [-0.1, -0.05) is 85.6 Å². The van der Waals surface area contributed by atoms with E-state index in [4.69, 9.17) is 32.7 Å². The highest BCUT2D eigenvalue weighted by Crippen LogP contribution is 2.35. The van der Waals surface area contributed by atoms with Crippen LogP contribution in [0.2, 0.25) is 10.0 Å². The Kier molecular flexibility index (Phi) is 8.03. The maximum atomic E-state index is 13.7. The molecule has 3 aromatic rings. The van der Waals surface area contributed by atoms with Crippen molar-refractivity contribution >= 4 is 46.6 Å². The van der Waals surface area contributed by atoms with Crippen molar-refractivity contribution in [2.75, 3.05) is 13.7 Å². The fraction of sp³-hybridized carbons (Fsp3) is 0.296. The van der Waals surface area contributed by atoms with Gasteiger partial charge in [0.1, 0.15) is 0 Å². The summed E-state index contributed by atoms with van der Waals surface area (Å²) in [5, 5.41) is 0.733. The van der Waals surface area contributed by atoms with Gasteiger partial charge in [0.2, 0.25) is 0 Å². The smallest absolute Gasteiger partial charge is 0.338 e. The van der Waals surface area contributed by atoms with E-state index in [2.05, 4.69) is 4.99 Å². The summed E-state index contributed by atoms with van der Waals surface area (Å²) in [4.78, 5) is 31.7. The molecule has 0 amide bonds. The van der Waals surface area contributed by atoms with Crippen LogP contribution in [0, 0.1) is 5.92 Å². The standard InChI is InChI=1S/C27H26Cl2N2O4S/c1-5-20-22(26(33)34-4)23(17-9-7-6-8-10-17)31-25(32)21(36-27(31)30-20)13-16-11-18(28)24(19(29)12-16)35-14-15(2)3/h6-13,15,23H,5,14H2,1-4H3/b21-13-/t23-/m1/s1. The van der Waals surface area contributed by atoms with Gasteiger partial charge in [-0.3, -0.25) is 9.36 Å². The maximum absolute atomic E-state index is 13.7. The highest BCUT2D eigenvalue weighted by molar-refractivity contribution is 7.07. The third-order valence-corrected chi connectivity index (χ3v) is 7.19. The molecule has 6 nitrogen and oxygen atoms in total. The Bertz CT molecular complexity index is 1480. The summed E-state index contributed by atoms with van der Waals surface area (Å²) in [6, 6.07) is 12.2. The normalized spacial score (nSPS) is 15.6. The number of rotatable bonds is 7. The molecule has 0 saturated carbocycles. The van der Waals surface area contributed by atoms with E-state index in [1.165, 1.54) is 18.4 Å². The predicted molar refractivity (Wildman–Crippen MR) is 144 cm³/mol. The quantitative estimate of drug-likeness (QED) is 0.386. The minimum atomic E-state index is -0.647. The average molecular weight is 545 g/mol. The number of methoxy groups -OCH3 is 1. The van der Waals surface area contributed by atoms with Crippen LogP contribution in [0.5, 0.6) is 5.75 Å². The molecule has 1 aliphatic rings. The Morgan fingerprint density at radius 2 is 1.86 bits per heavy atom. The van der Waals surface area contributed by atoms with E-state index in [-0.39, 0.29) is 5.56 Å². The highest BCUT2D eigenvalue weighted by Gasteiger charge is 2.33. The molecule has 36 heavy (non-hydrogen) atoms. The van der Waals surface area contributed by atoms with Crippen LogP contribution in [0.3, 0.4) is 0 Å². The highest BCUT2D eigenvalue weighted by atomic mass is 35.5. The molecule has 0 aliphatic carbocycles. The van der Waals surface area contributed by atoms with Gasteiger partial charge in [-0.2, -0.15) is 0 Å². The molecule has 2 heterocycles. The van der Waals surface area contributed by atoms with Crippen molar-refractivity contribution in [2.45, 2.75) is 33.2 Å². The predicted octanol–water partition coefficient (Wildman–Crippen LogP) is 5.14. The minimum Gasteiger partial charge on any atom is -0.490 e. The molecule has 2 aromatic carbocycles. The SMILES string of the molecule is CCC1=C(C(=O)OC)[C@@H](c2ccccc2)n2c(s/c(=C\c3cc(Cl)c(OCC(C)C)c(Cl)c3)c2=O)=N1. The first-order valence-electron chi connectivity index (χ1n) is 11.5. The Morgan fingerprint density at radius 3 is 2.44 bits per heavy atom. The molecule has 0 radical (unpaired) electrons. The Hall–Kier alpha value is -2.87. The van der Waals surface area contributed by atoms with Crippen molar-refractivity contribution in [3.63, 3.8) is 0 Å². The van der Waals surface area contributed by atoms with Gasteiger partial charge in [0.25, 0.3) is 5.56 Å². The Balaban J connectivity index is 1.88. The summed E-state index contributed by atoms with van der Waals surface area (Å²) in [7, 11) is 1.33. The molecule has 0 spiro atoms. The van der Waals surface area contributed by atoms with Gasteiger partial charge < -0.3 is 9.47 Å². The zero-order valence-electron chi connectivity index (χ0n) is 20.4. The first kappa shape index (κ1) is 26.2. The largest absolute Gasteiger partial charge is 0.490 e. The van der Waals surface area contributed by atoms with Crippen molar-refractivity contribution in [3.05, 3.63) is 94.6 Å². The van der Waals surface area contributed by atoms with Crippen LogP contribution in [-0.2, 0) is 9.53 Å². The van der Waals surface area contributed by atoms with Gasteiger partial charge in [-0.05, 0) is 41.7 Å². The molecule has 4 rings (SSSR count). The topological polar surface area (TPSA) is 69.9 Å². The second kappa shape index (κ2) is 11.0. The number of esters is 1. The summed E-state index contributed by atoms with van der Waals surface area (Å²) in [5.41, 5.74) is 2.15. The lowest BCUT2D eigenvalue weighted by molar-refractivity contribution is -0.136. The molecular weight excluding hydrogens is 519 g/mol. The van der Waals surface area contributed by atoms with Gasteiger partial charge in [0, 0.05) is 0 Å². The number of allylic oxidation sites excluding steroid dienone is 1. The molecule has 1 atom stereocenters. The second-order valence-corrected chi connectivity index (χ2v) is 10.5. The maximum Gasteiger partial charge on any atom is 0.338 e. The Morgan fingerprint density at radius 1 is 1.19 bits per heavy atom. The number of benzene rings is 2. The van der Waals surface area contributed by atoms with Crippen LogP contribution in [0.4, 0.5) is 0 Å². The van der Waals surface area contributed by atoms with Crippen LogP contribution >= 0.6 is 34.5 Å². The fourth-order valence-electron chi connectivity index (χ4n) is 4.02. The molecule has 1 aliphatic heterocycles. The number of halogens is 2. The summed E-state index contributed by atoms with van der Waals surface area (Å²) in [5.74, 6) is 0.234. The zero-order chi connectivity index (χ0) is 26.0. The number of thiazole rings is 1. The van der Waals surface area contributed by atoms with E-state index in [1.807, 2.05) is 51.1 Å². The molecule has 0 saturated heterocycles. The van der Waals surface area contributed by atoms with Crippen LogP contribution in [-0.4, -0.2) is 24.3 Å². The van der Waals surface area contributed by atoms with Crippen molar-refractivity contribution in [1.29, 1.82) is 0 Å². The van der Waals surface area contributed by atoms with Gasteiger partial charge >= 0.3 is 5.97 Å². The average Bonchev–Trinajstić information content (AvgIpc) is 3.16. The number of hydrogen-bond acceptors (Lipinski definition) is 6. The molecule has 0 N–H and O–H groups in total. The number of ether oxygens (including phenoxy) is 2. The lowest BCUT2D eigenvalue weighted by atomic mass is 9.95. The molecule has 1 aromatic heterocycles. The molecule has 0 bridgehead atoms. The van der Waals surface area contributed by atoms with E-state index in [0.29, 0.717) is 60.9 Å². The van der Waals surface area contributed by atoms with Crippen molar-refractivity contribution in [1.82, 2.24) is 4.57 Å². The number of hydrogen-bond donors (Lipinski definition) is 0. The summed E-state index contributed by atoms with van der Waals surface area (Å²) in [6.45, 7) is 6.48. The van der Waals surface area contributed by atoms with Gasteiger partial charge in [0.15, 0.2) is 10.6 Å². The third kappa shape index (κ3) is 5.14. The monoisotopic (exact) mass is 544 g/mol. The van der Waals surface area contributed by atoms with Crippen LogP contribution < -0.4 is 19.6 Å². The number of nitrogens with zero attached hydrogens (tertiary/aromatic N) is 2. The third-order valence-electron chi connectivity index (χ3n) is 5.64. The van der Waals surface area contributed by atoms with Gasteiger partial charge in [-0.15, -0.1) is 0 Å². The lowest BCUT2D eigenvalue weighted by Crippen LogP contribution is -2.40. The Labute approximate surface area is 223 Å². The van der Waals surface area contributed by atoms with E-state index in [9.17, 15) is 9.59 Å². The van der Waals surface area contributed by atoms with Crippen molar-refractivity contribution < 1.29 is 14.3 Å². The lowest BCUT2D eigenvalue weighted by Gasteiger charge is -2.25. The van der Waals surface area contributed by atoms with E-state index in [1.54, 1.807) is 22.8 Å². The number of aromatic nitrogens is 1. The number of carbonyl (C=O) groups excluding carboxylic acids is 1. The van der Waals surface area contributed by atoms with E-state index >= 15 is 0 Å². The molecule has 0 unspecified atom stereocenters. The first-order chi connectivity index (χ1) is 17.2. The van der Waals surface area contributed by atoms with E-state index < -0.39 is 12.0 Å². The molecule has 9 heteroatoms. The summed E-state index contributed by atoms with van der Waals surface area (Å²) < 4.78 is 12.8. The number of carbonyl (C=O) groups is 1. The van der Waals surface area contributed by atoms with Crippen LogP contribution in [0.15, 0.2) is 63.5 Å². The summed E-state index contributed by atoms with van der Waals surface area (Å²) in [6.07, 6.45) is 2.24. The van der Waals surface area contributed by atoms with Crippen LogP contribution in [0.25, 0.3) is 6.08 Å². The van der Waals surface area contributed by atoms with E-state index in [0.717, 1.165) is 5.56 Å². The molecule has 0 fully saturated rings. The molecule has 188 valence electrons. The van der Waals surface area contributed by atoms with Gasteiger partial charge in [-0.25, -0.2) is 9.79 Å². The fourth-order valence-corrected chi connectivity index (χ4v) is 5.65. The number of fused-ring (bicyclic) bond motifs is 1. The molecular formula is C27H26Cl2N2O4S. The summed E-state index contributed by atoms with van der Waals surface area (Å²) >= 11 is 14.2. The second-order valence-electron chi connectivity index (χ2n) is 8.72. The zero-order valence-corrected chi connectivity index (χ0v) is 22.7.